The zero-order valence-corrected chi connectivity index (χ0v) is 19.6. The van der Waals surface area contributed by atoms with Crippen LogP contribution in [0.15, 0.2) is 34.8 Å². The Balaban J connectivity index is 1.43. The SMILES string of the molecule is O=c1c2c(Cl)cccc2nc(CCNc2ncnc3scnc23)n1N1CCN(CC(F)F)CC1. The molecule has 0 radical (unpaired) electrons. The summed E-state index contributed by atoms with van der Waals surface area (Å²) in [5.74, 6) is 1.17. The van der Waals surface area contributed by atoms with Crippen molar-refractivity contribution in [3.63, 3.8) is 0 Å². The van der Waals surface area contributed by atoms with Gasteiger partial charge in [-0.25, -0.2) is 33.4 Å². The number of fused-ring (bicyclic) bond motifs is 2. The number of alkyl halides is 2. The maximum atomic E-state index is 13.5. The Hall–Kier alpha value is -2.96. The molecule has 3 aromatic heterocycles. The van der Waals surface area contributed by atoms with Crippen LogP contribution in [0.4, 0.5) is 14.6 Å². The van der Waals surface area contributed by atoms with Gasteiger partial charge in [0.25, 0.3) is 12.0 Å². The van der Waals surface area contributed by atoms with Gasteiger partial charge in [-0.3, -0.25) is 9.69 Å². The van der Waals surface area contributed by atoms with Gasteiger partial charge in [-0.1, -0.05) is 17.7 Å². The van der Waals surface area contributed by atoms with Crippen LogP contribution in [-0.2, 0) is 6.42 Å². The summed E-state index contributed by atoms with van der Waals surface area (Å²) in [6.07, 6.45) is -0.485. The summed E-state index contributed by atoms with van der Waals surface area (Å²) in [4.78, 5) is 33.5. The first kappa shape index (κ1) is 22.8. The number of benzene rings is 1. The summed E-state index contributed by atoms with van der Waals surface area (Å²) < 4.78 is 27.1. The molecule has 0 aliphatic carbocycles. The molecule has 4 heterocycles. The van der Waals surface area contributed by atoms with E-state index in [0.717, 1.165) is 4.83 Å². The van der Waals surface area contributed by atoms with Crippen LogP contribution in [0.25, 0.3) is 21.3 Å². The highest BCUT2D eigenvalue weighted by molar-refractivity contribution is 7.16. The lowest BCUT2D eigenvalue weighted by atomic mass is 10.2. The van der Waals surface area contributed by atoms with Crippen LogP contribution in [0.3, 0.4) is 0 Å². The molecule has 34 heavy (non-hydrogen) atoms. The first-order valence-electron chi connectivity index (χ1n) is 10.7. The van der Waals surface area contributed by atoms with E-state index >= 15 is 0 Å². The summed E-state index contributed by atoms with van der Waals surface area (Å²) in [5, 5.41) is 5.79. The van der Waals surface area contributed by atoms with Crippen molar-refractivity contribution < 1.29 is 8.78 Å². The third kappa shape index (κ3) is 4.52. The van der Waals surface area contributed by atoms with Gasteiger partial charge in [-0.2, -0.15) is 0 Å². The van der Waals surface area contributed by atoms with E-state index in [9.17, 15) is 13.6 Å². The summed E-state index contributed by atoms with van der Waals surface area (Å²) in [5.41, 5.74) is 2.66. The van der Waals surface area contributed by atoms with Gasteiger partial charge in [-0.05, 0) is 12.1 Å². The van der Waals surface area contributed by atoms with Gasteiger partial charge in [0.1, 0.15) is 22.5 Å². The van der Waals surface area contributed by atoms with Crippen LogP contribution < -0.4 is 15.9 Å². The third-order valence-corrected chi connectivity index (χ3v) is 6.74. The lowest BCUT2D eigenvalue weighted by Gasteiger charge is -2.37. The zero-order chi connectivity index (χ0) is 23.7. The molecule has 0 amide bonds. The van der Waals surface area contributed by atoms with E-state index in [1.165, 1.54) is 17.7 Å². The highest BCUT2D eigenvalue weighted by Gasteiger charge is 2.24. The molecular weight excluding hydrogens is 486 g/mol. The van der Waals surface area contributed by atoms with Crippen LogP contribution in [-0.4, -0.2) is 75.2 Å². The van der Waals surface area contributed by atoms with E-state index in [1.54, 1.807) is 33.3 Å². The number of hydrogen-bond acceptors (Lipinski definition) is 9. The van der Waals surface area contributed by atoms with Crippen molar-refractivity contribution in [2.75, 3.05) is 49.6 Å². The smallest absolute Gasteiger partial charge is 0.281 e. The lowest BCUT2D eigenvalue weighted by Crippen LogP contribution is -2.55. The number of rotatable bonds is 7. The van der Waals surface area contributed by atoms with E-state index in [4.69, 9.17) is 16.6 Å². The number of piperazine rings is 1. The molecule has 4 aromatic rings. The fraction of sp³-hybridized carbons (Fsp3) is 0.381. The quantitative estimate of drug-likeness (QED) is 0.409. The van der Waals surface area contributed by atoms with Crippen molar-refractivity contribution in [1.29, 1.82) is 0 Å². The predicted octanol–water partition coefficient (Wildman–Crippen LogP) is 2.62. The molecule has 1 aliphatic rings. The summed E-state index contributed by atoms with van der Waals surface area (Å²) in [6, 6.07) is 5.17. The number of hydrogen-bond donors (Lipinski definition) is 1. The van der Waals surface area contributed by atoms with Gasteiger partial charge in [0, 0.05) is 39.1 Å². The van der Waals surface area contributed by atoms with E-state index in [1.807, 2.05) is 5.01 Å². The number of nitrogens with one attached hydrogen (secondary N) is 1. The maximum absolute atomic E-state index is 13.5. The molecule has 1 fully saturated rings. The number of aromatic nitrogens is 5. The molecule has 178 valence electrons. The van der Waals surface area contributed by atoms with Gasteiger partial charge in [0.15, 0.2) is 5.82 Å². The molecule has 0 unspecified atom stereocenters. The molecule has 0 saturated carbocycles. The summed E-state index contributed by atoms with van der Waals surface area (Å²) in [7, 11) is 0. The standard InChI is InChI=1S/C21H21ClF2N8OS/c22-13-2-1-3-14-17(13)21(33)32(31-8-6-30(7-9-31)10-15(23)24)16(29-14)4-5-25-19-18-20(27-11-26-19)34-12-28-18/h1-3,11-12,15H,4-10H2,(H,25,26,27). The van der Waals surface area contributed by atoms with Crippen LogP contribution >= 0.6 is 22.9 Å². The topological polar surface area (TPSA) is 92.1 Å². The van der Waals surface area contributed by atoms with E-state index in [0.29, 0.717) is 72.2 Å². The number of nitrogens with zero attached hydrogens (tertiary/aromatic N) is 7. The highest BCUT2D eigenvalue weighted by Crippen LogP contribution is 2.21. The van der Waals surface area contributed by atoms with Crippen molar-refractivity contribution in [3.05, 3.63) is 51.2 Å². The second-order valence-corrected chi connectivity index (χ2v) is 9.07. The fourth-order valence-electron chi connectivity index (χ4n) is 4.11. The van der Waals surface area contributed by atoms with Crippen LogP contribution in [0.2, 0.25) is 5.02 Å². The number of thiazole rings is 1. The molecular formula is C21H21ClF2N8OS. The Kier molecular flexibility index (Phi) is 6.53. The van der Waals surface area contributed by atoms with Crippen LogP contribution in [0.5, 0.6) is 0 Å². The summed E-state index contributed by atoms with van der Waals surface area (Å²) >= 11 is 7.77. The van der Waals surface area contributed by atoms with E-state index in [-0.39, 0.29) is 12.1 Å². The Morgan fingerprint density at radius 3 is 2.76 bits per heavy atom. The Labute approximate surface area is 202 Å². The van der Waals surface area contributed by atoms with Crippen molar-refractivity contribution >= 4 is 50.0 Å². The van der Waals surface area contributed by atoms with Crippen LogP contribution in [0.1, 0.15) is 5.82 Å². The minimum atomic E-state index is -2.39. The van der Waals surface area contributed by atoms with Crippen LogP contribution in [0, 0.1) is 0 Å². The number of anilines is 1. The molecule has 5 rings (SSSR count). The molecule has 1 saturated heterocycles. The van der Waals surface area contributed by atoms with Gasteiger partial charge >= 0.3 is 0 Å². The minimum absolute atomic E-state index is 0.267. The predicted molar refractivity (Wildman–Crippen MR) is 129 cm³/mol. The third-order valence-electron chi connectivity index (χ3n) is 5.70. The molecule has 1 aromatic carbocycles. The Bertz CT molecular complexity index is 1370. The second-order valence-electron chi connectivity index (χ2n) is 7.83. The average molecular weight is 507 g/mol. The minimum Gasteiger partial charge on any atom is -0.368 e. The molecule has 1 N–H and O–H groups in total. The van der Waals surface area contributed by atoms with Crippen molar-refractivity contribution in [3.8, 4) is 0 Å². The van der Waals surface area contributed by atoms with E-state index in [2.05, 4.69) is 20.3 Å². The Morgan fingerprint density at radius 2 is 1.97 bits per heavy atom. The van der Waals surface area contributed by atoms with E-state index < -0.39 is 6.43 Å². The number of halogens is 3. The first-order chi connectivity index (χ1) is 16.5. The monoisotopic (exact) mass is 506 g/mol. The molecule has 1 aliphatic heterocycles. The van der Waals surface area contributed by atoms with Gasteiger partial charge in [0.05, 0.1) is 28.0 Å². The van der Waals surface area contributed by atoms with Crippen molar-refractivity contribution in [2.45, 2.75) is 12.8 Å². The molecule has 0 bridgehead atoms. The normalized spacial score (nSPS) is 15.0. The van der Waals surface area contributed by atoms with Gasteiger partial charge in [0.2, 0.25) is 0 Å². The lowest BCUT2D eigenvalue weighted by molar-refractivity contribution is 0.0825. The van der Waals surface area contributed by atoms with Crippen molar-refractivity contribution in [1.82, 2.24) is 29.5 Å². The largest absolute Gasteiger partial charge is 0.368 e. The van der Waals surface area contributed by atoms with Gasteiger partial charge in [-0.15, -0.1) is 11.3 Å². The highest BCUT2D eigenvalue weighted by atomic mass is 35.5. The summed E-state index contributed by atoms with van der Waals surface area (Å²) in [6.45, 7) is 1.89. The van der Waals surface area contributed by atoms with Gasteiger partial charge < -0.3 is 10.3 Å². The maximum Gasteiger partial charge on any atom is 0.281 e. The molecule has 13 heteroatoms. The molecule has 9 nitrogen and oxygen atoms in total. The second kappa shape index (κ2) is 9.72. The Morgan fingerprint density at radius 1 is 1.15 bits per heavy atom. The van der Waals surface area contributed by atoms with Crippen molar-refractivity contribution in [2.24, 2.45) is 0 Å². The molecule has 0 atom stereocenters. The molecule has 0 spiro atoms. The average Bonchev–Trinajstić information content (AvgIpc) is 3.29. The fourth-order valence-corrected chi connectivity index (χ4v) is 4.99. The zero-order valence-electron chi connectivity index (χ0n) is 18.0. The first-order valence-corrected chi connectivity index (χ1v) is 12.0.